The van der Waals surface area contributed by atoms with Gasteiger partial charge in [0, 0.05) is 18.3 Å². The van der Waals surface area contributed by atoms with E-state index in [1.807, 2.05) is 25.2 Å². The van der Waals surface area contributed by atoms with Crippen molar-refractivity contribution in [3.05, 3.63) is 59.5 Å². The second kappa shape index (κ2) is 6.29. The number of aromatic nitrogens is 1. The number of rotatable bonds is 5. The summed E-state index contributed by atoms with van der Waals surface area (Å²) in [5, 5.41) is 3.20. The summed E-state index contributed by atoms with van der Waals surface area (Å²) in [7, 11) is 3.46. The zero-order chi connectivity index (χ0) is 13.7. The van der Waals surface area contributed by atoms with Crippen LogP contribution in [-0.4, -0.2) is 19.1 Å². The molecule has 1 heterocycles. The molecule has 0 aliphatic rings. The Kier molecular flexibility index (Phi) is 4.47. The molecule has 3 nitrogen and oxygen atoms in total. The second-order valence-electron chi connectivity index (χ2n) is 4.31. The van der Waals surface area contributed by atoms with E-state index in [2.05, 4.69) is 10.3 Å². The second-order valence-corrected chi connectivity index (χ2v) is 4.31. The van der Waals surface area contributed by atoms with Gasteiger partial charge >= 0.3 is 0 Å². The molecule has 0 saturated carbocycles. The number of hydrogen-bond acceptors (Lipinski definition) is 3. The molecule has 1 aromatic carbocycles. The standard InChI is InChI=1S/C15H17FN2O/c1-17-14(12-4-3-5-13(16)9-12)8-11-6-7-15(19-2)18-10-11/h3-7,9-10,14,17H,8H2,1-2H3. The molecule has 1 unspecified atom stereocenters. The fourth-order valence-electron chi connectivity index (χ4n) is 2.00. The van der Waals surface area contributed by atoms with Gasteiger partial charge in [0.25, 0.3) is 0 Å². The van der Waals surface area contributed by atoms with Crippen molar-refractivity contribution in [2.24, 2.45) is 0 Å². The van der Waals surface area contributed by atoms with E-state index in [0.29, 0.717) is 5.88 Å². The van der Waals surface area contributed by atoms with Gasteiger partial charge in [-0.05, 0) is 36.7 Å². The van der Waals surface area contributed by atoms with Gasteiger partial charge in [-0.3, -0.25) is 0 Å². The third-order valence-electron chi connectivity index (χ3n) is 3.05. The number of hydrogen-bond donors (Lipinski definition) is 1. The van der Waals surface area contributed by atoms with Gasteiger partial charge in [-0.25, -0.2) is 9.37 Å². The molecule has 0 saturated heterocycles. The highest BCUT2D eigenvalue weighted by Gasteiger charge is 2.11. The minimum absolute atomic E-state index is 0.0610. The lowest BCUT2D eigenvalue weighted by atomic mass is 10.00. The van der Waals surface area contributed by atoms with Crippen LogP contribution in [0.4, 0.5) is 4.39 Å². The number of benzene rings is 1. The van der Waals surface area contributed by atoms with Crippen molar-refractivity contribution < 1.29 is 9.13 Å². The molecular formula is C15H17FN2O. The highest BCUT2D eigenvalue weighted by molar-refractivity contribution is 5.24. The van der Waals surface area contributed by atoms with Crippen molar-refractivity contribution in [2.75, 3.05) is 14.2 Å². The fourth-order valence-corrected chi connectivity index (χ4v) is 2.00. The van der Waals surface area contributed by atoms with Gasteiger partial charge in [0.15, 0.2) is 0 Å². The maximum Gasteiger partial charge on any atom is 0.212 e. The Bertz CT molecular complexity index is 528. The Balaban J connectivity index is 2.14. The molecular weight excluding hydrogens is 243 g/mol. The largest absolute Gasteiger partial charge is 0.481 e. The van der Waals surface area contributed by atoms with Gasteiger partial charge in [-0.15, -0.1) is 0 Å². The monoisotopic (exact) mass is 260 g/mol. The summed E-state index contributed by atoms with van der Waals surface area (Å²) in [5.41, 5.74) is 2.00. The van der Waals surface area contributed by atoms with E-state index in [4.69, 9.17) is 4.74 Å². The van der Waals surface area contributed by atoms with Crippen LogP contribution in [0.25, 0.3) is 0 Å². The maximum atomic E-state index is 13.2. The van der Waals surface area contributed by atoms with Crippen LogP contribution in [0.5, 0.6) is 5.88 Å². The van der Waals surface area contributed by atoms with Gasteiger partial charge in [0.1, 0.15) is 5.82 Å². The number of nitrogens with one attached hydrogen (secondary N) is 1. The van der Waals surface area contributed by atoms with Crippen molar-refractivity contribution in [2.45, 2.75) is 12.5 Å². The maximum absolute atomic E-state index is 13.2. The van der Waals surface area contributed by atoms with Crippen LogP contribution >= 0.6 is 0 Å². The van der Waals surface area contributed by atoms with Crippen LogP contribution < -0.4 is 10.1 Å². The van der Waals surface area contributed by atoms with E-state index in [-0.39, 0.29) is 11.9 Å². The highest BCUT2D eigenvalue weighted by Crippen LogP contribution is 2.19. The molecule has 0 spiro atoms. The van der Waals surface area contributed by atoms with Crippen LogP contribution in [0.2, 0.25) is 0 Å². The Morgan fingerprint density at radius 1 is 1.32 bits per heavy atom. The summed E-state index contributed by atoms with van der Waals surface area (Å²) in [4.78, 5) is 4.17. The lowest BCUT2D eigenvalue weighted by Crippen LogP contribution is -2.19. The molecule has 0 bridgehead atoms. The van der Waals surface area contributed by atoms with Gasteiger partial charge in [0.2, 0.25) is 5.88 Å². The van der Waals surface area contributed by atoms with E-state index >= 15 is 0 Å². The summed E-state index contributed by atoms with van der Waals surface area (Å²) in [6.45, 7) is 0. The molecule has 19 heavy (non-hydrogen) atoms. The molecule has 0 amide bonds. The summed E-state index contributed by atoms with van der Waals surface area (Å²) in [6, 6.07) is 10.5. The van der Waals surface area contributed by atoms with Gasteiger partial charge < -0.3 is 10.1 Å². The van der Waals surface area contributed by atoms with E-state index < -0.39 is 0 Å². The van der Waals surface area contributed by atoms with Crippen LogP contribution in [-0.2, 0) is 6.42 Å². The van der Waals surface area contributed by atoms with Crippen LogP contribution in [0.15, 0.2) is 42.6 Å². The van der Waals surface area contributed by atoms with Crippen molar-refractivity contribution in [3.8, 4) is 5.88 Å². The molecule has 0 aliphatic carbocycles. The number of likely N-dealkylation sites (N-methyl/N-ethyl adjacent to an activating group) is 1. The van der Waals surface area contributed by atoms with Crippen molar-refractivity contribution >= 4 is 0 Å². The number of nitrogens with zero attached hydrogens (tertiary/aromatic N) is 1. The summed E-state index contributed by atoms with van der Waals surface area (Å²) < 4.78 is 18.3. The predicted octanol–water partition coefficient (Wildman–Crippen LogP) is 2.73. The Hall–Kier alpha value is -1.94. The van der Waals surface area contributed by atoms with Crippen molar-refractivity contribution in [1.29, 1.82) is 0 Å². The number of ether oxygens (including phenoxy) is 1. The lowest BCUT2D eigenvalue weighted by molar-refractivity contribution is 0.397. The van der Waals surface area contributed by atoms with E-state index in [1.165, 1.54) is 6.07 Å². The summed E-state index contributed by atoms with van der Waals surface area (Å²) in [6.07, 6.45) is 2.53. The first-order chi connectivity index (χ1) is 9.22. The van der Waals surface area contributed by atoms with Gasteiger partial charge in [-0.2, -0.15) is 0 Å². The molecule has 0 fully saturated rings. The van der Waals surface area contributed by atoms with E-state index in [1.54, 1.807) is 25.4 Å². The Labute approximate surface area is 112 Å². The van der Waals surface area contributed by atoms with Crippen LogP contribution in [0.1, 0.15) is 17.2 Å². The van der Waals surface area contributed by atoms with E-state index in [0.717, 1.165) is 17.5 Å². The lowest BCUT2D eigenvalue weighted by Gasteiger charge is -2.16. The van der Waals surface area contributed by atoms with E-state index in [9.17, 15) is 4.39 Å². The molecule has 1 aromatic heterocycles. The smallest absolute Gasteiger partial charge is 0.212 e. The van der Waals surface area contributed by atoms with Crippen molar-refractivity contribution in [1.82, 2.24) is 10.3 Å². The van der Waals surface area contributed by atoms with Crippen LogP contribution in [0.3, 0.4) is 0 Å². The fraction of sp³-hybridized carbons (Fsp3) is 0.267. The normalized spacial score (nSPS) is 12.2. The zero-order valence-corrected chi connectivity index (χ0v) is 11.1. The average Bonchev–Trinajstić information content (AvgIpc) is 2.45. The number of pyridine rings is 1. The molecule has 1 atom stereocenters. The topological polar surface area (TPSA) is 34.1 Å². The Morgan fingerprint density at radius 2 is 2.16 bits per heavy atom. The first kappa shape index (κ1) is 13.5. The average molecular weight is 260 g/mol. The first-order valence-electron chi connectivity index (χ1n) is 6.14. The molecule has 2 rings (SSSR count). The molecule has 4 heteroatoms. The molecule has 1 N–H and O–H groups in total. The summed E-state index contributed by atoms with van der Waals surface area (Å²) >= 11 is 0. The van der Waals surface area contributed by atoms with Gasteiger partial charge in [-0.1, -0.05) is 18.2 Å². The molecule has 0 radical (unpaired) electrons. The quantitative estimate of drug-likeness (QED) is 0.897. The molecule has 100 valence electrons. The minimum Gasteiger partial charge on any atom is -0.481 e. The zero-order valence-electron chi connectivity index (χ0n) is 11.1. The molecule has 2 aromatic rings. The third-order valence-corrected chi connectivity index (χ3v) is 3.05. The number of halogens is 1. The third kappa shape index (κ3) is 3.51. The highest BCUT2D eigenvalue weighted by atomic mass is 19.1. The van der Waals surface area contributed by atoms with Crippen molar-refractivity contribution in [3.63, 3.8) is 0 Å². The first-order valence-corrected chi connectivity index (χ1v) is 6.14. The van der Waals surface area contributed by atoms with Crippen LogP contribution in [0, 0.1) is 5.82 Å². The predicted molar refractivity (Wildman–Crippen MR) is 72.7 cm³/mol. The molecule has 0 aliphatic heterocycles. The van der Waals surface area contributed by atoms with Gasteiger partial charge in [0.05, 0.1) is 7.11 Å². The number of methoxy groups -OCH3 is 1. The summed E-state index contributed by atoms with van der Waals surface area (Å²) in [5.74, 6) is 0.376. The minimum atomic E-state index is -0.217. The Morgan fingerprint density at radius 3 is 2.74 bits per heavy atom. The SMILES string of the molecule is CNC(Cc1ccc(OC)nc1)c1cccc(F)c1.